The van der Waals surface area contributed by atoms with E-state index in [9.17, 15) is 0 Å². The maximum absolute atomic E-state index is 5.88. The second-order valence-corrected chi connectivity index (χ2v) is 6.03. The zero-order valence-electron chi connectivity index (χ0n) is 16.1. The molecule has 0 aliphatic heterocycles. The van der Waals surface area contributed by atoms with Gasteiger partial charge in [-0.25, -0.2) is 4.99 Å². The first kappa shape index (κ1) is 22.3. The minimum Gasteiger partial charge on any atom is -0.493 e. The first-order chi connectivity index (χ1) is 12.1. The maximum atomic E-state index is 5.88. The Labute approximate surface area is 173 Å². The van der Waals surface area contributed by atoms with Gasteiger partial charge in [-0.3, -0.25) is 4.68 Å². The number of ether oxygens (including phenoxy) is 1. The van der Waals surface area contributed by atoms with Crippen LogP contribution in [0, 0.1) is 6.92 Å². The average Bonchev–Trinajstić information content (AvgIpc) is 3.02. The van der Waals surface area contributed by atoms with E-state index in [1.165, 1.54) is 5.56 Å². The standard InChI is InChI=1S/C19H29N5O.HI/c1-5-9-25-18-10-15(3)7-8-17(18)13-22-19(20-6-2)21-11-16-12-23-24(4)14-16;/h7-8,10,12,14H,5-6,9,11,13H2,1-4H3,(H2,20,21,22);1H. The van der Waals surface area contributed by atoms with Crippen LogP contribution >= 0.6 is 24.0 Å². The van der Waals surface area contributed by atoms with Crippen molar-refractivity contribution in [3.8, 4) is 5.75 Å². The third kappa shape index (κ3) is 7.23. The molecule has 2 N–H and O–H groups in total. The van der Waals surface area contributed by atoms with Crippen LogP contribution in [-0.2, 0) is 20.1 Å². The molecule has 0 fully saturated rings. The van der Waals surface area contributed by atoms with Crippen LogP contribution in [0.3, 0.4) is 0 Å². The molecule has 26 heavy (non-hydrogen) atoms. The number of hydrogen-bond donors (Lipinski definition) is 2. The van der Waals surface area contributed by atoms with Crippen molar-refractivity contribution in [1.29, 1.82) is 0 Å². The van der Waals surface area contributed by atoms with Gasteiger partial charge in [0.25, 0.3) is 0 Å². The Kier molecular flexibility index (Phi) is 10.1. The van der Waals surface area contributed by atoms with Crippen LogP contribution in [-0.4, -0.2) is 28.9 Å². The van der Waals surface area contributed by atoms with Crippen molar-refractivity contribution in [2.45, 2.75) is 40.3 Å². The number of rotatable bonds is 8. The van der Waals surface area contributed by atoms with Gasteiger partial charge in [-0.2, -0.15) is 5.10 Å². The summed E-state index contributed by atoms with van der Waals surface area (Å²) in [5.41, 5.74) is 3.42. The van der Waals surface area contributed by atoms with Gasteiger partial charge in [0.2, 0.25) is 0 Å². The van der Waals surface area contributed by atoms with Crippen molar-refractivity contribution in [3.63, 3.8) is 0 Å². The van der Waals surface area contributed by atoms with Crippen LogP contribution in [0.4, 0.5) is 0 Å². The maximum Gasteiger partial charge on any atom is 0.191 e. The zero-order valence-corrected chi connectivity index (χ0v) is 18.4. The molecule has 0 bridgehead atoms. The predicted octanol–water partition coefficient (Wildman–Crippen LogP) is 3.39. The fourth-order valence-corrected chi connectivity index (χ4v) is 2.40. The number of nitrogens with zero attached hydrogens (tertiary/aromatic N) is 3. The molecule has 0 atom stereocenters. The Morgan fingerprint density at radius 1 is 1.27 bits per heavy atom. The highest BCUT2D eigenvalue weighted by Crippen LogP contribution is 2.20. The van der Waals surface area contributed by atoms with Crippen molar-refractivity contribution >= 4 is 29.9 Å². The molecular weight excluding hydrogens is 441 g/mol. The molecule has 0 saturated carbocycles. The van der Waals surface area contributed by atoms with E-state index in [-0.39, 0.29) is 24.0 Å². The molecule has 0 unspecified atom stereocenters. The average molecular weight is 471 g/mol. The summed E-state index contributed by atoms with van der Waals surface area (Å²) in [6, 6.07) is 6.31. The SMILES string of the molecule is CCCOc1cc(C)ccc1CNC(=NCc1cnn(C)c1)NCC.I. The third-order valence-electron chi connectivity index (χ3n) is 3.65. The van der Waals surface area contributed by atoms with Crippen LogP contribution in [0.5, 0.6) is 5.75 Å². The normalized spacial score (nSPS) is 11.0. The second kappa shape index (κ2) is 11.8. The molecule has 2 rings (SSSR count). The molecule has 0 saturated heterocycles. The predicted molar refractivity (Wildman–Crippen MR) is 117 cm³/mol. The first-order valence-electron chi connectivity index (χ1n) is 8.84. The van der Waals surface area contributed by atoms with Gasteiger partial charge >= 0.3 is 0 Å². The molecule has 7 heteroatoms. The number of aryl methyl sites for hydroxylation is 2. The van der Waals surface area contributed by atoms with E-state index in [1.54, 1.807) is 4.68 Å². The fraction of sp³-hybridized carbons (Fsp3) is 0.474. The van der Waals surface area contributed by atoms with Crippen molar-refractivity contribution in [2.24, 2.45) is 12.0 Å². The fourth-order valence-electron chi connectivity index (χ4n) is 2.40. The molecular formula is C19H30IN5O. The first-order valence-corrected chi connectivity index (χ1v) is 8.84. The Balaban J connectivity index is 0.00000338. The van der Waals surface area contributed by atoms with E-state index in [2.05, 4.69) is 59.7 Å². The summed E-state index contributed by atoms with van der Waals surface area (Å²) >= 11 is 0. The lowest BCUT2D eigenvalue weighted by Gasteiger charge is -2.15. The topological polar surface area (TPSA) is 63.5 Å². The number of aliphatic imine (C=N–C) groups is 1. The summed E-state index contributed by atoms with van der Waals surface area (Å²) in [5, 5.41) is 10.8. The lowest BCUT2D eigenvalue weighted by Crippen LogP contribution is -2.36. The Morgan fingerprint density at radius 2 is 2.08 bits per heavy atom. The number of halogens is 1. The minimum atomic E-state index is 0. The Bertz CT molecular complexity index is 699. The highest BCUT2D eigenvalue weighted by Gasteiger charge is 2.06. The van der Waals surface area contributed by atoms with E-state index in [0.29, 0.717) is 13.1 Å². The Morgan fingerprint density at radius 3 is 2.73 bits per heavy atom. The molecule has 1 aromatic heterocycles. The molecule has 0 amide bonds. The largest absolute Gasteiger partial charge is 0.493 e. The lowest BCUT2D eigenvalue weighted by atomic mass is 10.1. The molecule has 0 aliphatic rings. The zero-order chi connectivity index (χ0) is 18.1. The molecule has 1 aromatic carbocycles. The van der Waals surface area contributed by atoms with Gasteiger partial charge in [-0.05, 0) is 31.9 Å². The van der Waals surface area contributed by atoms with E-state index < -0.39 is 0 Å². The molecule has 0 aliphatic carbocycles. The second-order valence-electron chi connectivity index (χ2n) is 6.03. The number of hydrogen-bond acceptors (Lipinski definition) is 3. The smallest absolute Gasteiger partial charge is 0.191 e. The van der Waals surface area contributed by atoms with Gasteiger partial charge in [-0.1, -0.05) is 19.1 Å². The van der Waals surface area contributed by atoms with E-state index in [0.717, 1.165) is 42.4 Å². The number of aromatic nitrogens is 2. The van der Waals surface area contributed by atoms with Crippen LogP contribution < -0.4 is 15.4 Å². The number of guanidine groups is 1. The summed E-state index contributed by atoms with van der Waals surface area (Å²) in [7, 11) is 1.91. The Hall–Kier alpha value is -1.77. The summed E-state index contributed by atoms with van der Waals surface area (Å²) in [6.45, 7) is 9.05. The summed E-state index contributed by atoms with van der Waals surface area (Å²) in [5.74, 6) is 1.73. The number of nitrogens with one attached hydrogen (secondary N) is 2. The quantitative estimate of drug-likeness (QED) is 0.352. The molecule has 144 valence electrons. The van der Waals surface area contributed by atoms with Crippen molar-refractivity contribution in [2.75, 3.05) is 13.2 Å². The highest BCUT2D eigenvalue weighted by molar-refractivity contribution is 14.0. The van der Waals surface area contributed by atoms with E-state index in [1.807, 2.05) is 19.4 Å². The highest BCUT2D eigenvalue weighted by atomic mass is 127. The monoisotopic (exact) mass is 471 g/mol. The van der Waals surface area contributed by atoms with Crippen LogP contribution in [0.25, 0.3) is 0 Å². The minimum absolute atomic E-state index is 0. The van der Waals surface area contributed by atoms with Gasteiger partial charge < -0.3 is 15.4 Å². The van der Waals surface area contributed by atoms with Gasteiger partial charge in [0.15, 0.2) is 5.96 Å². The van der Waals surface area contributed by atoms with Gasteiger partial charge in [0.1, 0.15) is 5.75 Å². The molecule has 0 spiro atoms. The summed E-state index contributed by atoms with van der Waals surface area (Å²) < 4.78 is 7.67. The molecule has 1 heterocycles. The van der Waals surface area contributed by atoms with Crippen molar-refractivity contribution in [1.82, 2.24) is 20.4 Å². The third-order valence-corrected chi connectivity index (χ3v) is 3.65. The summed E-state index contributed by atoms with van der Waals surface area (Å²) in [6.07, 6.45) is 4.81. The number of benzene rings is 1. The van der Waals surface area contributed by atoms with Crippen LogP contribution in [0.2, 0.25) is 0 Å². The van der Waals surface area contributed by atoms with E-state index in [4.69, 9.17) is 4.74 Å². The van der Waals surface area contributed by atoms with Crippen molar-refractivity contribution < 1.29 is 4.74 Å². The van der Waals surface area contributed by atoms with Crippen LogP contribution in [0.15, 0.2) is 35.6 Å². The van der Waals surface area contributed by atoms with Gasteiger partial charge in [0.05, 0.1) is 19.3 Å². The summed E-state index contributed by atoms with van der Waals surface area (Å²) in [4.78, 5) is 4.62. The van der Waals surface area contributed by atoms with Crippen LogP contribution in [0.1, 0.15) is 37.0 Å². The molecule has 2 aromatic rings. The molecule has 6 nitrogen and oxygen atoms in total. The molecule has 0 radical (unpaired) electrons. The van der Waals surface area contributed by atoms with Gasteiger partial charge in [0, 0.05) is 37.5 Å². The van der Waals surface area contributed by atoms with Gasteiger partial charge in [-0.15, -0.1) is 24.0 Å². The van der Waals surface area contributed by atoms with E-state index >= 15 is 0 Å². The van der Waals surface area contributed by atoms with Crippen molar-refractivity contribution in [3.05, 3.63) is 47.3 Å². The lowest BCUT2D eigenvalue weighted by molar-refractivity contribution is 0.313.